The number of carboxylic acid groups (broad SMARTS) is 1. The van der Waals surface area contributed by atoms with E-state index in [-0.39, 0.29) is 35.7 Å². The topological polar surface area (TPSA) is 110 Å². The van der Waals surface area contributed by atoms with Gasteiger partial charge in [0.2, 0.25) is 0 Å². The molecule has 0 unspecified atom stereocenters. The molecule has 0 saturated carbocycles. The zero-order chi connectivity index (χ0) is 21.1. The SMILES string of the molecule is C=C(C)C(=O)OCC.C=C(CC=CC(=O)O)C(=O)OCCO.C=C(Cl)Cl. The Kier molecular flexibility index (Phi) is 21.2. The van der Waals surface area contributed by atoms with Crippen LogP contribution in [0.3, 0.4) is 0 Å². The molecule has 0 saturated heterocycles. The molecular formula is C17H24Cl2O7. The highest BCUT2D eigenvalue weighted by molar-refractivity contribution is 6.55. The van der Waals surface area contributed by atoms with E-state index in [1.165, 1.54) is 6.08 Å². The smallest absolute Gasteiger partial charge is 0.333 e. The summed E-state index contributed by atoms with van der Waals surface area (Å²) in [5.74, 6) is -2.02. The van der Waals surface area contributed by atoms with Crippen LogP contribution in [-0.4, -0.2) is 47.9 Å². The van der Waals surface area contributed by atoms with Crippen molar-refractivity contribution in [3.8, 4) is 0 Å². The van der Waals surface area contributed by atoms with Gasteiger partial charge in [0.15, 0.2) is 0 Å². The van der Waals surface area contributed by atoms with E-state index in [1.54, 1.807) is 13.8 Å². The summed E-state index contributed by atoms with van der Waals surface area (Å²) in [6, 6.07) is 0. The Balaban J connectivity index is -0.000000370. The van der Waals surface area contributed by atoms with E-state index in [0.717, 1.165) is 6.08 Å². The van der Waals surface area contributed by atoms with Crippen LogP contribution in [0, 0.1) is 0 Å². The van der Waals surface area contributed by atoms with Gasteiger partial charge in [-0.15, -0.1) is 0 Å². The lowest BCUT2D eigenvalue weighted by atomic mass is 10.2. The third-order valence-corrected chi connectivity index (χ3v) is 1.86. The van der Waals surface area contributed by atoms with Crippen LogP contribution in [0.4, 0.5) is 0 Å². The number of aliphatic hydroxyl groups excluding tert-OH is 1. The number of carbonyl (C=O) groups is 3. The van der Waals surface area contributed by atoms with Crippen molar-refractivity contribution in [2.75, 3.05) is 19.8 Å². The van der Waals surface area contributed by atoms with E-state index in [9.17, 15) is 14.4 Å². The molecule has 148 valence electrons. The first-order chi connectivity index (χ1) is 12.0. The number of hydrogen-bond donors (Lipinski definition) is 2. The van der Waals surface area contributed by atoms with Crippen molar-refractivity contribution in [2.24, 2.45) is 0 Å². The van der Waals surface area contributed by atoms with E-state index < -0.39 is 11.9 Å². The molecule has 0 aliphatic rings. The molecule has 0 aliphatic carbocycles. The normalized spacial score (nSPS) is 8.96. The molecule has 0 aliphatic heterocycles. The van der Waals surface area contributed by atoms with E-state index in [4.69, 9.17) is 33.4 Å². The number of allylic oxidation sites excluding steroid dienone is 1. The predicted octanol–water partition coefficient (Wildman–Crippen LogP) is 3.17. The van der Waals surface area contributed by atoms with Gasteiger partial charge in [0.05, 0.1) is 17.7 Å². The number of aliphatic carboxylic acids is 1. The maximum Gasteiger partial charge on any atom is 0.333 e. The minimum absolute atomic E-state index is 0.0828. The Bertz CT molecular complexity index is 521. The molecule has 26 heavy (non-hydrogen) atoms. The lowest BCUT2D eigenvalue weighted by Crippen LogP contribution is -2.09. The molecule has 0 aromatic carbocycles. The van der Waals surface area contributed by atoms with E-state index in [2.05, 4.69) is 29.2 Å². The van der Waals surface area contributed by atoms with Gasteiger partial charge < -0.3 is 19.7 Å². The largest absolute Gasteiger partial charge is 0.478 e. The number of ether oxygens (including phenoxy) is 2. The van der Waals surface area contributed by atoms with Crippen molar-refractivity contribution in [3.05, 3.63) is 47.5 Å². The van der Waals surface area contributed by atoms with Crippen molar-refractivity contribution >= 4 is 41.1 Å². The molecule has 0 aromatic heterocycles. The van der Waals surface area contributed by atoms with E-state index in [0.29, 0.717) is 12.2 Å². The van der Waals surface area contributed by atoms with Crippen LogP contribution >= 0.6 is 23.2 Å². The maximum atomic E-state index is 11.0. The molecule has 0 fully saturated rings. The van der Waals surface area contributed by atoms with Gasteiger partial charge in [0.25, 0.3) is 0 Å². The summed E-state index contributed by atoms with van der Waals surface area (Å²) in [4.78, 5) is 31.4. The van der Waals surface area contributed by atoms with Gasteiger partial charge in [0, 0.05) is 17.2 Å². The van der Waals surface area contributed by atoms with Crippen LogP contribution in [0.25, 0.3) is 0 Å². The highest BCUT2D eigenvalue weighted by Gasteiger charge is 2.05. The van der Waals surface area contributed by atoms with Gasteiger partial charge in [-0.25, -0.2) is 14.4 Å². The summed E-state index contributed by atoms with van der Waals surface area (Å²) in [5.41, 5.74) is 0.600. The van der Waals surface area contributed by atoms with Gasteiger partial charge in [-0.3, -0.25) is 0 Å². The second-order valence-corrected chi connectivity index (χ2v) is 5.35. The molecule has 0 aromatic rings. The molecule has 0 atom stereocenters. The molecule has 7 nitrogen and oxygen atoms in total. The average Bonchev–Trinajstić information content (AvgIpc) is 2.52. The Hall–Kier alpha value is -2.09. The Morgan fingerprint density at radius 2 is 1.58 bits per heavy atom. The summed E-state index contributed by atoms with van der Waals surface area (Å²) in [6.07, 6.45) is 2.34. The summed E-state index contributed by atoms with van der Waals surface area (Å²) >= 11 is 9.69. The molecule has 9 heteroatoms. The monoisotopic (exact) mass is 410 g/mol. The van der Waals surface area contributed by atoms with Crippen molar-refractivity contribution in [2.45, 2.75) is 20.3 Å². The Morgan fingerprint density at radius 1 is 1.08 bits per heavy atom. The van der Waals surface area contributed by atoms with Crippen LogP contribution < -0.4 is 0 Å². The predicted molar refractivity (Wildman–Crippen MR) is 101 cm³/mol. The minimum Gasteiger partial charge on any atom is -0.478 e. The number of hydrogen-bond acceptors (Lipinski definition) is 6. The third-order valence-electron chi connectivity index (χ3n) is 1.86. The quantitative estimate of drug-likeness (QED) is 0.466. The fourth-order valence-corrected chi connectivity index (χ4v) is 0.880. The van der Waals surface area contributed by atoms with Crippen LogP contribution in [0.1, 0.15) is 20.3 Å². The fraction of sp³-hybridized carbons (Fsp3) is 0.353. The fourth-order valence-electron chi connectivity index (χ4n) is 0.880. The molecule has 0 heterocycles. The number of halogens is 2. The van der Waals surface area contributed by atoms with Crippen LogP contribution in [-0.2, 0) is 23.9 Å². The Morgan fingerprint density at radius 3 is 1.88 bits per heavy atom. The highest BCUT2D eigenvalue weighted by Crippen LogP contribution is 2.01. The van der Waals surface area contributed by atoms with Crippen LogP contribution in [0.2, 0.25) is 0 Å². The summed E-state index contributed by atoms with van der Waals surface area (Å²) < 4.78 is 9.22. The van der Waals surface area contributed by atoms with Crippen LogP contribution in [0.15, 0.2) is 47.5 Å². The number of carbonyl (C=O) groups excluding carboxylic acids is 2. The molecule has 0 spiro atoms. The second kappa shape index (κ2) is 19.2. The zero-order valence-corrected chi connectivity index (χ0v) is 16.3. The number of carboxylic acids is 1. The molecule has 0 bridgehead atoms. The number of aliphatic hydroxyl groups is 1. The van der Waals surface area contributed by atoms with Crippen molar-refractivity contribution < 1.29 is 34.1 Å². The van der Waals surface area contributed by atoms with Gasteiger partial charge in [-0.1, -0.05) is 49.0 Å². The first-order valence-electron chi connectivity index (χ1n) is 7.17. The number of rotatable bonds is 8. The van der Waals surface area contributed by atoms with Crippen molar-refractivity contribution in [1.82, 2.24) is 0 Å². The molecule has 2 N–H and O–H groups in total. The zero-order valence-electron chi connectivity index (χ0n) is 14.8. The summed E-state index contributed by atoms with van der Waals surface area (Å²) in [7, 11) is 0. The molecule has 0 radical (unpaired) electrons. The molecular weight excluding hydrogens is 387 g/mol. The van der Waals surface area contributed by atoms with E-state index >= 15 is 0 Å². The van der Waals surface area contributed by atoms with Crippen molar-refractivity contribution in [3.63, 3.8) is 0 Å². The average molecular weight is 411 g/mol. The lowest BCUT2D eigenvalue weighted by molar-refractivity contribution is -0.140. The maximum absolute atomic E-state index is 11.0. The van der Waals surface area contributed by atoms with Gasteiger partial charge in [-0.2, -0.15) is 0 Å². The second-order valence-electron chi connectivity index (χ2n) is 4.25. The molecule has 0 rings (SSSR count). The lowest BCUT2D eigenvalue weighted by Gasteiger charge is -2.02. The van der Waals surface area contributed by atoms with Gasteiger partial charge in [-0.05, 0) is 20.3 Å². The van der Waals surface area contributed by atoms with Crippen molar-refractivity contribution in [1.29, 1.82) is 0 Å². The Labute approximate surface area is 163 Å². The van der Waals surface area contributed by atoms with Gasteiger partial charge >= 0.3 is 17.9 Å². The van der Waals surface area contributed by atoms with Crippen LogP contribution in [0.5, 0.6) is 0 Å². The first-order valence-corrected chi connectivity index (χ1v) is 7.92. The minimum atomic E-state index is -1.08. The number of esters is 2. The summed E-state index contributed by atoms with van der Waals surface area (Å²) in [6.45, 7) is 13.4. The molecule has 0 amide bonds. The summed E-state index contributed by atoms with van der Waals surface area (Å²) in [5, 5.41) is 16.6. The highest BCUT2D eigenvalue weighted by atomic mass is 35.5. The standard InChI is InChI=1S/C9H12O5.C6H10O2.C2H2Cl2/c1-7(3-2-4-8(11)12)9(13)14-6-5-10;1-4-8-6(7)5(2)3;1-2(3)4/h2,4,10H,1,3,5-6H2,(H,11,12);2,4H2,1,3H3;1H2. The first kappa shape index (κ1) is 28.7. The third kappa shape index (κ3) is 26.8. The van der Waals surface area contributed by atoms with Gasteiger partial charge in [0.1, 0.15) is 6.61 Å². The van der Waals surface area contributed by atoms with E-state index in [1.807, 2.05) is 0 Å².